The third-order valence-electron chi connectivity index (χ3n) is 4.82. The van der Waals surface area contributed by atoms with Crippen LogP contribution in [0.4, 0.5) is 0 Å². The van der Waals surface area contributed by atoms with Crippen LogP contribution in [0.2, 0.25) is 0 Å². The van der Waals surface area contributed by atoms with Crippen molar-refractivity contribution in [2.45, 2.75) is 44.6 Å². The first-order valence-corrected chi connectivity index (χ1v) is 11.3. The molecule has 33 heavy (non-hydrogen) atoms. The van der Waals surface area contributed by atoms with E-state index in [1.165, 1.54) is 12.1 Å². The van der Waals surface area contributed by atoms with E-state index in [-0.39, 0.29) is 29.9 Å². The van der Waals surface area contributed by atoms with Gasteiger partial charge in [-0.15, -0.1) is 0 Å². The zero-order valence-corrected chi connectivity index (χ0v) is 19.1. The average molecular weight is 467 g/mol. The second-order valence-electron chi connectivity index (χ2n) is 7.77. The molecule has 0 bridgehead atoms. The van der Waals surface area contributed by atoms with Gasteiger partial charge in [-0.3, -0.25) is 14.4 Å². The molecule has 0 aliphatic carbocycles. The molecule has 3 amide bonds. The molecule has 1 aromatic carbocycles. The predicted molar refractivity (Wildman–Crippen MR) is 125 cm³/mol. The fourth-order valence-corrected chi connectivity index (χ4v) is 3.06. The summed E-state index contributed by atoms with van der Waals surface area (Å²) in [5.41, 5.74) is 10.9. The van der Waals surface area contributed by atoms with Crippen LogP contribution in [0.5, 0.6) is 11.5 Å². The van der Waals surface area contributed by atoms with Crippen molar-refractivity contribution in [1.29, 1.82) is 0 Å². The van der Waals surface area contributed by atoms with E-state index in [2.05, 4.69) is 21.3 Å². The number of rotatable bonds is 18. The van der Waals surface area contributed by atoms with E-state index in [4.69, 9.17) is 11.5 Å². The Morgan fingerprint density at radius 1 is 0.909 bits per heavy atom. The summed E-state index contributed by atoms with van der Waals surface area (Å²) in [5.74, 6) is -2.15. The van der Waals surface area contributed by atoms with Crippen molar-refractivity contribution >= 4 is 17.7 Å². The number of phenols is 2. The number of aromatic hydroxyl groups is 2. The van der Waals surface area contributed by atoms with E-state index in [1.807, 2.05) is 0 Å². The van der Waals surface area contributed by atoms with Crippen LogP contribution < -0.4 is 32.7 Å². The van der Waals surface area contributed by atoms with E-state index >= 15 is 0 Å². The van der Waals surface area contributed by atoms with Crippen molar-refractivity contribution in [3.8, 4) is 11.5 Å². The van der Waals surface area contributed by atoms with Gasteiger partial charge in [-0.1, -0.05) is 6.07 Å². The average Bonchev–Trinajstić information content (AvgIpc) is 2.75. The maximum absolute atomic E-state index is 12.4. The number of carbonyl (C=O) groups excluding carboxylic acids is 3. The van der Waals surface area contributed by atoms with Crippen LogP contribution in [0.3, 0.4) is 0 Å². The lowest BCUT2D eigenvalue weighted by Crippen LogP contribution is -2.49. The monoisotopic (exact) mass is 466 g/mol. The van der Waals surface area contributed by atoms with Gasteiger partial charge in [-0.25, -0.2) is 0 Å². The molecule has 11 heteroatoms. The lowest BCUT2D eigenvalue weighted by molar-refractivity contribution is -0.131. The van der Waals surface area contributed by atoms with Crippen molar-refractivity contribution in [3.63, 3.8) is 0 Å². The molecule has 10 N–H and O–H groups in total. The molecule has 1 aromatic rings. The Balaban J connectivity index is 2.28. The Morgan fingerprint density at radius 3 is 2.15 bits per heavy atom. The molecular weight excluding hydrogens is 428 g/mol. The van der Waals surface area contributed by atoms with Crippen LogP contribution in [0.25, 0.3) is 0 Å². The summed E-state index contributed by atoms with van der Waals surface area (Å²) in [6, 6.07) is 2.75. The van der Waals surface area contributed by atoms with Crippen LogP contribution >= 0.6 is 0 Å². The van der Waals surface area contributed by atoms with Gasteiger partial charge < -0.3 is 42.9 Å². The summed E-state index contributed by atoms with van der Waals surface area (Å²) in [6.07, 6.45) is 3.24. The van der Waals surface area contributed by atoms with Gasteiger partial charge in [-0.2, -0.15) is 0 Å². The molecule has 0 spiro atoms. The Bertz CT molecular complexity index is 746. The van der Waals surface area contributed by atoms with Crippen LogP contribution in [-0.2, 0) is 20.8 Å². The maximum atomic E-state index is 12.4. The predicted octanol–water partition coefficient (Wildman–Crippen LogP) is -1.18. The van der Waals surface area contributed by atoms with E-state index in [0.29, 0.717) is 19.5 Å². The Labute approximate surface area is 194 Å². The van der Waals surface area contributed by atoms with Crippen LogP contribution in [0.1, 0.15) is 37.7 Å². The summed E-state index contributed by atoms with van der Waals surface area (Å²) in [6.45, 7) is 4.61. The summed E-state index contributed by atoms with van der Waals surface area (Å²) in [7, 11) is 0. The second kappa shape index (κ2) is 16.7. The van der Waals surface area contributed by atoms with E-state index in [1.54, 1.807) is 0 Å². The number of hydrogen-bond donors (Lipinski definition) is 8. The molecule has 0 radical (unpaired) electrons. The van der Waals surface area contributed by atoms with Crippen LogP contribution in [-0.4, -0.2) is 73.2 Å². The molecule has 0 aromatic heterocycles. The minimum Gasteiger partial charge on any atom is -0.508 e. The van der Waals surface area contributed by atoms with Gasteiger partial charge in [0.1, 0.15) is 17.5 Å². The fourth-order valence-electron chi connectivity index (χ4n) is 3.06. The van der Waals surface area contributed by atoms with E-state index < -0.39 is 23.8 Å². The molecule has 0 saturated carbocycles. The Hall–Kier alpha value is -2.89. The Kier molecular flexibility index (Phi) is 14.2. The molecule has 11 nitrogen and oxygen atoms in total. The molecule has 186 valence electrons. The normalized spacial score (nSPS) is 11.7. The van der Waals surface area contributed by atoms with Gasteiger partial charge in [0.25, 0.3) is 0 Å². The zero-order valence-electron chi connectivity index (χ0n) is 19.1. The van der Waals surface area contributed by atoms with Crippen molar-refractivity contribution < 1.29 is 24.6 Å². The smallest absolute Gasteiger partial charge is 0.243 e. The number of nitrogens with one attached hydrogen (secondary N) is 4. The summed E-state index contributed by atoms with van der Waals surface area (Å²) < 4.78 is 0. The molecule has 0 unspecified atom stereocenters. The number of carbonyl (C=O) groups is 3. The molecule has 0 aliphatic heterocycles. The molecule has 0 saturated heterocycles. The summed E-state index contributed by atoms with van der Waals surface area (Å²) in [5, 5.41) is 30.9. The van der Waals surface area contributed by atoms with Crippen molar-refractivity contribution in [2.75, 3.05) is 39.3 Å². The van der Waals surface area contributed by atoms with Crippen molar-refractivity contribution in [2.24, 2.45) is 11.5 Å². The van der Waals surface area contributed by atoms with E-state index in [9.17, 15) is 24.6 Å². The molecule has 1 atom stereocenters. The fraction of sp³-hybridized carbons (Fsp3) is 0.591. The molecule has 0 heterocycles. The first kappa shape index (κ1) is 28.1. The van der Waals surface area contributed by atoms with Crippen LogP contribution in [0.15, 0.2) is 18.2 Å². The van der Waals surface area contributed by atoms with Crippen molar-refractivity contribution in [3.05, 3.63) is 23.8 Å². The van der Waals surface area contributed by atoms with E-state index in [0.717, 1.165) is 51.5 Å². The third-order valence-corrected chi connectivity index (χ3v) is 4.82. The largest absolute Gasteiger partial charge is 0.508 e. The molecule has 0 aliphatic rings. The summed E-state index contributed by atoms with van der Waals surface area (Å²) >= 11 is 0. The third kappa shape index (κ3) is 13.3. The SMILES string of the molecule is NCCCNCCCCNCCCNC(=O)[C@H](CC(N)=O)NC(=O)Cc1ccc(O)cc1O. The highest BCUT2D eigenvalue weighted by Crippen LogP contribution is 2.22. The minimum atomic E-state index is -1.10. The number of amides is 3. The van der Waals surface area contributed by atoms with Gasteiger partial charge in [0.15, 0.2) is 0 Å². The van der Waals surface area contributed by atoms with Gasteiger partial charge in [-0.05, 0) is 64.5 Å². The number of unbranched alkanes of at least 4 members (excludes halogenated alkanes) is 1. The van der Waals surface area contributed by atoms with Crippen LogP contribution in [0, 0.1) is 0 Å². The van der Waals surface area contributed by atoms with Gasteiger partial charge in [0.2, 0.25) is 17.7 Å². The lowest BCUT2D eigenvalue weighted by Gasteiger charge is -2.17. The highest BCUT2D eigenvalue weighted by atomic mass is 16.3. The quantitative estimate of drug-likeness (QED) is 0.124. The summed E-state index contributed by atoms with van der Waals surface area (Å²) in [4.78, 5) is 36.0. The Morgan fingerprint density at radius 2 is 1.55 bits per heavy atom. The standard InChI is InChI=1S/C22H38N6O5/c23-7-3-10-25-8-1-2-9-26-11-4-12-27-22(33)18(15-20(24)31)28-21(32)13-16-5-6-17(29)14-19(16)30/h5-6,14,18,25-26,29-30H,1-4,7-13,15,23H2,(H2,24,31)(H,27,33)(H,28,32)/t18-/m0/s1. The number of benzene rings is 1. The van der Waals surface area contributed by atoms with Gasteiger partial charge >= 0.3 is 0 Å². The van der Waals surface area contributed by atoms with Gasteiger partial charge in [0.05, 0.1) is 12.8 Å². The van der Waals surface area contributed by atoms with Crippen molar-refractivity contribution in [1.82, 2.24) is 21.3 Å². The maximum Gasteiger partial charge on any atom is 0.243 e. The molecule has 0 fully saturated rings. The number of phenolic OH excluding ortho intramolecular Hbond substituents is 2. The molecular formula is C22H38N6O5. The highest BCUT2D eigenvalue weighted by molar-refractivity contribution is 5.92. The number of primary amides is 1. The minimum absolute atomic E-state index is 0.132. The zero-order chi connectivity index (χ0) is 24.5. The number of hydrogen-bond acceptors (Lipinski definition) is 8. The first-order valence-electron chi connectivity index (χ1n) is 11.3. The number of nitrogens with two attached hydrogens (primary N) is 2. The topological polar surface area (TPSA) is 192 Å². The highest BCUT2D eigenvalue weighted by Gasteiger charge is 2.23. The van der Waals surface area contributed by atoms with Gasteiger partial charge in [0, 0.05) is 18.2 Å². The second-order valence-corrected chi connectivity index (χ2v) is 7.77. The lowest BCUT2D eigenvalue weighted by atomic mass is 10.1. The molecule has 1 rings (SSSR count). The first-order chi connectivity index (χ1) is 15.8.